The molecule has 0 heteroatoms. The minimum Gasteiger partial charge on any atom is -0.0622 e. The molecule has 0 nitrogen and oxygen atoms in total. The zero-order valence-electron chi connectivity index (χ0n) is 31.9. The molecule has 0 radical (unpaired) electrons. The Labute approximate surface area is 339 Å². The summed E-state index contributed by atoms with van der Waals surface area (Å²) in [6.45, 7) is 0. The van der Waals surface area contributed by atoms with E-state index in [1.54, 1.807) is 0 Å². The first-order valence-corrected chi connectivity index (χ1v) is 20.1. The van der Waals surface area contributed by atoms with E-state index in [1.165, 1.54) is 110 Å². The Morgan fingerprint density at radius 2 is 0.621 bits per heavy atom. The normalized spacial score (nSPS) is 11.4. The van der Waals surface area contributed by atoms with Crippen LogP contribution in [0.15, 0.2) is 231 Å². The number of benzene rings is 11. The third-order valence-electron chi connectivity index (χ3n) is 11.9. The fraction of sp³-hybridized carbons (Fsp3) is 0. The van der Waals surface area contributed by atoms with Crippen LogP contribution in [-0.4, -0.2) is 0 Å². The van der Waals surface area contributed by atoms with Crippen LogP contribution in [0.5, 0.6) is 0 Å². The van der Waals surface area contributed by atoms with E-state index in [0.717, 1.165) is 0 Å². The second-order valence-electron chi connectivity index (χ2n) is 15.2. The minimum absolute atomic E-state index is 1.19. The SMILES string of the molecule is c1ccc(-c2c3ccccc3c(-c3cc(-c4cccc(-c5ccc(-c6ccc7ccccc7c6)cc5)c4)ccc3-c3cccc4ccccc34)c3ccccc23)cc1. The quantitative estimate of drug-likeness (QED) is 0.149. The molecule has 11 aromatic rings. The molecule has 11 aromatic carbocycles. The van der Waals surface area contributed by atoms with E-state index in [-0.39, 0.29) is 0 Å². The summed E-state index contributed by atoms with van der Waals surface area (Å²) in [6, 6.07) is 84.6. The van der Waals surface area contributed by atoms with Crippen LogP contribution < -0.4 is 0 Å². The van der Waals surface area contributed by atoms with Crippen molar-refractivity contribution in [1.29, 1.82) is 0 Å². The maximum atomic E-state index is 2.44. The molecule has 11 rings (SSSR count). The zero-order valence-corrected chi connectivity index (χ0v) is 31.9. The predicted octanol–water partition coefficient (Wildman–Crippen LogP) is 16.3. The first kappa shape index (κ1) is 33.8. The Bertz CT molecular complexity index is 3250. The monoisotopic (exact) mass is 734 g/mol. The van der Waals surface area contributed by atoms with Crippen molar-refractivity contribution in [3.63, 3.8) is 0 Å². The molecule has 0 atom stereocenters. The number of hydrogen-bond acceptors (Lipinski definition) is 0. The molecule has 58 heavy (non-hydrogen) atoms. The largest absolute Gasteiger partial charge is 0.0622 e. The van der Waals surface area contributed by atoms with Crippen LogP contribution in [0, 0.1) is 0 Å². The second kappa shape index (κ2) is 14.2. The van der Waals surface area contributed by atoms with Crippen molar-refractivity contribution in [1.82, 2.24) is 0 Å². The molecule has 0 saturated carbocycles. The Kier molecular flexibility index (Phi) is 8.26. The Morgan fingerprint density at radius 1 is 0.172 bits per heavy atom. The van der Waals surface area contributed by atoms with Gasteiger partial charge in [-0.15, -0.1) is 0 Å². The van der Waals surface area contributed by atoms with Gasteiger partial charge in [-0.1, -0.05) is 212 Å². The van der Waals surface area contributed by atoms with Crippen LogP contribution >= 0.6 is 0 Å². The molecule has 0 bridgehead atoms. The summed E-state index contributed by atoms with van der Waals surface area (Å²) in [6.07, 6.45) is 0. The van der Waals surface area contributed by atoms with Gasteiger partial charge in [0.05, 0.1) is 0 Å². The van der Waals surface area contributed by atoms with Gasteiger partial charge in [0, 0.05) is 0 Å². The summed E-state index contributed by atoms with van der Waals surface area (Å²) >= 11 is 0. The van der Waals surface area contributed by atoms with Crippen molar-refractivity contribution in [3.05, 3.63) is 231 Å². The number of rotatable bonds is 6. The maximum Gasteiger partial charge on any atom is -0.00199 e. The molecular weight excluding hydrogens is 697 g/mol. The van der Waals surface area contributed by atoms with E-state index >= 15 is 0 Å². The van der Waals surface area contributed by atoms with E-state index in [4.69, 9.17) is 0 Å². The minimum atomic E-state index is 1.19. The molecular formula is C58H38. The molecule has 0 aliphatic carbocycles. The third-order valence-corrected chi connectivity index (χ3v) is 11.9. The molecule has 0 aliphatic rings. The third kappa shape index (κ3) is 5.86. The Balaban J connectivity index is 1.10. The fourth-order valence-corrected chi connectivity index (χ4v) is 9.06. The summed E-state index contributed by atoms with van der Waals surface area (Å²) in [5, 5.41) is 10.0. The van der Waals surface area contributed by atoms with E-state index < -0.39 is 0 Å². The van der Waals surface area contributed by atoms with Gasteiger partial charge < -0.3 is 0 Å². The summed E-state index contributed by atoms with van der Waals surface area (Å²) in [4.78, 5) is 0. The van der Waals surface area contributed by atoms with E-state index in [2.05, 4.69) is 231 Å². The highest BCUT2D eigenvalue weighted by atomic mass is 14.2. The van der Waals surface area contributed by atoms with Gasteiger partial charge in [0.15, 0.2) is 0 Å². The smallest absolute Gasteiger partial charge is 0.00199 e. The molecule has 0 spiro atoms. The lowest BCUT2D eigenvalue weighted by atomic mass is 9.82. The van der Waals surface area contributed by atoms with Gasteiger partial charge in [-0.3, -0.25) is 0 Å². The lowest BCUT2D eigenvalue weighted by Crippen LogP contribution is -1.94. The Hall–Kier alpha value is -7.54. The van der Waals surface area contributed by atoms with Gasteiger partial charge in [0.2, 0.25) is 0 Å². The van der Waals surface area contributed by atoms with Gasteiger partial charge in [0.25, 0.3) is 0 Å². The molecule has 270 valence electrons. The summed E-state index contributed by atoms with van der Waals surface area (Å²) in [5.74, 6) is 0. The molecule has 0 amide bonds. The molecule has 0 fully saturated rings. The van der Waals surface area contributed by atoms with Crippen molar-refractivity contribution in [2.75, 3.05) is 0 Å². The molecule has 0 N–H and O–H groups in total. The van der Waals surface area contributed by atoms with Crippen molar-refractivity contribution in [2.24, 2.45) is 0 Å². The standard InChI is InChI=1S/C58H38/c1-2-16-43(17-3-1)57-52-23-8-10-25-54(52)58(55-26-11-9-24-53(55)57)56-38-48(34-35-51(56)50-27-13-19-42-15-6-7-22-49(42)50)46-21-12-20-45(36-46)40-28-30-41(31-29-40)47-33-32-39-14-4-5-18-44(39)37-47/h1-38H. The lowest BCUT2D eigenvalue weighted by Gasteiger charge is -2.21. The summed E-state index contributed by atoms with van der Waals surface area (Å²) in [7, 11) is 0. The van der Waals surface area contributed by atoms with Crippen molar-refractivity contribution in [3.8, 4) is 66.8 Å². The van der Waals surface area contributed by atoms with Crippen LogP contribution in [0.1, 0.15) is 0 Å². The first-order chi connectivity index (χ1) is 28.8. The van der Waals surface area contributed by atoms with Crippen LogP contribution in [0.3, 0.4) is 0 Å². The topological polar surface area (TPSA) is 0 Å². The lowest BCUT2D eigenvalue weighted by molar-refractivity contribution is 1.57. The number of hydrogen-bond donors (Lipinski definition) is 0. The van der Waals surface area contributed by atoms with E-state index in [0.29, 0.717) is 0 Å². The van der Waals surface area contributed by atoms with Gasteiger partial charge in [-0.05, 0) is 128 Å². The van der Waals surface area contributed by atoms with Gasteiger partial charge in [0.1, 0.15) is 0 Å². The van der Waals surface area contributed by atoms with Gasteiger partial charge in [-0.25, -0.2) is 0 Å². The highest BCUT2D eigenvalue weighted by Gasteiger charge is 2.20. The van der Waals surface area contributed by atoms with Crippen LogP contribution in [0.25, 0.3) is 110 Å². The molecule has 0 unspecified atom stereocenters. The van der Waals surface area contributed by atoms with Crippen molar-refractivity contribution < 1.29 is 0 Å². The average Bonchev–Trinajstić information content (AvgIpc) is 3.30. The highest BCUT2D eigenvalue weighted by Crippen LogP contribution is 2.48. The van der Waals surface area contributed by atoms with Gasteiger partial charge in [-0.2, -0.15) is 0 Å². The summed E-state index contributed by atoms with van der Waals surface area (Å²) < 4.78 is 0. The average molecular weight is 735 g/mol. The van der Waals surface area contributed by atoms with E-state index in [9.17, 15) is 0 Å². The van der Waals surface area contributed by atoms with Crippen LogP contribution in [0.4, 0.5) is 0 Å². The first-order valence-electron chi connectivity index (χ1n) is 20.1. The second-order valence-corrected chi connectivity index (χ2v) is 15.2. The highest BCUT2D eigenvalue weighted by molar-refractivity contribution is 6.23. The molecule has 0 saturated heterocycles. The van der Waals surface area contributed by atoms with Crippen LogP contribution in [0.2, 0.25) is 0 Å². The molecule has 0 heterocycles. The zero-order chi connectivity index (χ0) is 38.4. The molecule has 0 aliphatic heterocycles. The predicted molar refractivity (Wildman–Crippen MR) is 249 cm³/mol. The fourth-order valence-electron chi connectivity index (χ4n) is 9.06. The molecule has 0 aromatic heterocycles. The number of fused-ring (bicyclic) bond motifs is 4. The van der Waals surface area contributed by atoms with Gasteiger partial charge >= 0.3 is 0 Å². The maximum absolute atomic E-state index is 2.44. The van der Waals surface area contributed by atoms with Crippen molar-refractivity contribution >= 4 is 43.1 Å². The summed E-state index contributed by atoms with van der Waals surface area (Å²) in [5.41, 5.74) is 14.7. The Morgan fingerprint density at radius 3 is 1.31 bits per heavy atom. The van der Waals surface area contributed by atoms with Crippen molar-refractivity contribution in [2.45, 2.75) is 0 Å². The van der Waals surface area contributed by atoms with Crippen LogP contribution in [-0.2, 0) is 0 Å². The van der Waals surface area contributed by atoms with E-state index in [1.807, 2.05) is 0 Å².